The third-order valence-corrected chi connectivity index (χ3v) is 2.83. The van der Waals surface area contributed by atoms with Crippen LogP contribution in [0.25, 0.3) is 0 Å². The van der Waals surface area contributed by atoms with Crippen LogP contribution in [-0.2, 0) is 4.74 Å². The number of ether oxygens (including phenoxy) is 1. The van der Waals surface area contributed by atoms with Crippen LogP contribution in [0.3, 0.4) is 0 Å². The standard InChI is InChI=1S/C16H25NO2/c1-12(2)11-19-9-5-8-17-16(18)15-7-6-13(3)10-14(15)4/h6-7,10,12H,5,8-9,11H2,1-4H3,(H,17,18). The van der Waals surface area contributed by atoms with Gasteiger partial charge in [0.25, 0.3) is 5.91 Å². The molecule has 1 rings (SSSR count). The average Bonchev–Trinajstić information content (AvgIpc) is 2.32. The second-order valence-corrected chi connectivity index (χ2v) is 5.40. The molecule has 1 amide bonds. The summed E-state index contributed by atoms with van der Waals surface area (Å²) in [4.78, 5) is 12.0. The topological polar surface area (TPSA) is 38.3 Å². The van der Waals surface area contributed by atoms with Crippen molar-refractivity contribution in [2.45, 2.75) is 34.1 Å². The minimum atomic E-state index is 0.00126. The van der Waals surface area contributed by atoms with Gasteiger partial charge in [-0.1, -0.05) is 31.5 Å². The zero-order valence-electron chi connectivity index (χ0n) is 12.5. The fourth-order valence-corrected chi connectivity index (χ4v) is 1.86. The highest BCUT2D eigenvalue weighted by atomic mass is 16.5. The minimum Gasteiger partial charge on any atom is -0.381 e. The van der Waals surface area contributed by atoms with Crippen molar-refractivity contribution in [3.63, 3.8) is 0 Å². The van der Waals surface area contributed by atoms with Crippen LogP contribution in [-0.4, -0.2) is 25.7 Å². The Labute approximate surface area is 116 Å². The molecule has 0 aromatic heterocycles. The number of benzene rings is 1. The molecule has 0 saturated carbocycles. The molecule has 3 heteroatoms. The summed E-state index contributed by atoms with van der Waals surface area (Å²) in [7, 11) is 0. The maximum absolute atomic E-state index is 12.0. The van der Waals surface area contributed by atoms with Crippen molar-refractivity contribution in [2.24, 2.45) is 5.92 Å². The van der Waals surface area contributed by atoms with Gasteiger partial charge >= 0.3 is 0 Å². The van der Waals surface area contributed by atoms with Gasteiger partial charge < -0.3 is 10.1 Å². The van der Waals surface area contributed by atoms with Crippen molar-refractivity contribution in [3.05, 3.63) is 34.9 Å². The van der Waals surface area contributed by atoms with Gasteiger partial charge in [0.2, 0.25) is 0 Å². The smallest absolute Gasteiger partial charge is 0.251 e. The van der Waals surface area contributed by atoms with E-state index in [0.717, 1.165) is 24.2 Å². The predicted octanol–water partition coefficient (Wildman–Crippen LogP) is 3.10. The molecule has 0 atom stereocenters. The van der Waals surface area contributed by atoms with Crippen LogP contribution in [0.15, 0.2) is 18.2 Å². The van der Waals surface area contributed by atoms with E-state index < -0.39 is 0 Å². The van der Waals surface area contributed by atoms with E-state index >= 15 is 0 Å². The van der Waals surface area contributed by atoms with Gasteiger partial charge in [-0.2, -0.15) is 0 Å². The van der Waals surface area contributed by atoms with Crippen LogP contribution < -0.4 is 5.32 Å². The molecule has 0 fully saturated rings. The molecule has 0 radical (unpaired) electrons. The summed E-state index contributed by atoms with van der Waals surface area (Å²) < 4.78 is 5.47. The number of aryl methyl sites for hydroxylation is 2. The van der Waals surface area contributed by atoms with E-state index in [-0.39, 0.29) is 5.91 Å². The molecule has 0 unspecified atom stereocenters. The molecule has 106 valence electrons. The highest BCUT2D eigenvalue weighted by Crippen LogP contribution is 2.10. The Balaban J connectivity index is 2.28. The fourth-order valence-electron chi connectivity index (χ4n) is 1.86. The van der Waals surface area contributed by atoms with Crippen molar-refractivity contribution in [2.75, 3.05) is 19.8 Å². The third kappa shape index (κ3) is 5.88. The van der Waals surface area contributed by atoms with Gasteiger partial charge in [0.1, 0.15) is 0 Å². The van der Waals surface area contributed by atoms with Gasteiger partial charge in [-0.15, -0.1) is 0 Å². The lowest BCUT2D eigenvalue weighted by atomic mass is 10.1. The van der Waals surface area contributed by atoms with Gasteiger partial charge in [-0.25, -0.2) is 0 Å². The number of hydrogen-bond acceptors (Lipinski definition) is 2. The first kappa shape index (κ1) is 15.7. The molecule has 0 heterocycles. The van der Waals surface area contributed by atoms with Gasteiger partial charge in [0.05, 0.1) is 0 Å². The van der Waals surface area contributed by atoms with E-state index in [1.165, 1.54) is 5.56 Å². The summed E-state index contributed by atoms with van der Waals surface area (Å²) in [5, 5.41) is 2.93. The van der Waals surface area contributed by atoms with Gasteiger partial charge in [0.15, 0.2) is 0 Å². The van der Waals surface area contributed by atoms with Crippen LogP contribution in [0.4, 0.5) is 0 Å². The van der Waals surface area contributed by atoms with Gasteiger partial charge in [0, 0.05) is 25.3 Å². The molecule has 19 heavy (non-hydrogen) atoms. The second kappa shape index (κ2) is 7.95. The highest BCUT2D eigenvalue weighted by molar-refractivity contribution is 5.95. The molecule has 0 aliphatic rings. The number of carbonyl (C=O) groups excluding carboxylic acids is 1. The Morgan fingerprint density at radius 3 is 2.68 bits per heavy atom. The Morgan fingerprint density at radius 2 is 2.05 bits per heavy atom. The lowest BCUT2D eigenvalue weighted by Crippen LogP contribution is -2.26. The van der Waals surface area contributed by atoms with Crippen LogP contribution in [0.1, 0.15) is 41.8 Å². The molecule has 1 aromatic carbocycles. The van der Waals surface area contributed by atoms with Crippen molar-refractivity contribution in [1.29, 1.82) is 0 Å². The molecule has 1 N–H and O–H groups in total. The summed E-state index contributed by atoms with van der Waals surface area (Å²) in [6.45, 7) is 10.4. The fraction of sp³-hybridized carbons (Fsp3) is 0.562. The quantitative estimate of drug-likeness (QED) is 0.768. The summed E-state index contributed by atoms with van der Waals surface area (Å²) in [5.41, 5.74) is 2.96. The molecule has 0 aliphatic heterocycles. The second-order valence-electron chi connectivity index (χ2n) is 5.40. The Morgan fingerprint density at radius 1 is 1.32 bits per heavy atom. The molecule has 1 aromatic rings. The molecule has 0 aliphatic carbocycles. The first-order chi connectivity index (χ1) is 9.00. The molecular weight excluding hydrogens is 238 g/mol. The molecule has 0 spiro atoms. The van der Waals surface area contributed by atoms with Crippen molar-refractivity contribution in [3.8, 4) is 0 Å². The van der Waals surface area contributed by atoms with Crippen LogP contribution in [0, 0.1) is 19.8 Å². The molecule has 0 saturated heterocycles. The Kier molecular flexibility index (Phi) is 6.57. The normalized spacial score (nSPS) is 10.8. The van der Waals surface area contributed by atoms with E-state index in [0.29, 0.717) is 19.1 Å². The SMILES string of the molecule is Cc1ccc(C(=O)NCCCOCC(C)C)c(C)c1. The molecule has 0 bridgehead atoms. The van der Waals surface area contributed by atoms with Gasteiger partial charge in [-0.05, 0) is 37.8 Å². The van der Waals surface area contributed by atoms with E-state index in [2.05, 4.69) is 19.2 Å². The summed E-state index contributed by atoms with van der Waals surface area (Å²) in [6.07, 6.45) is 0.851. The van der Waals surface area contributed by atoms with Crippen molar-refractivity contribution in [1.82, 2.24) is 5.32 Å². The number of nitrogens with one attached hydrogen (secondary N) is 1. The molecule has 3 nitrogen and oxygen atoms in total. The number of carbonyl (C=O) groups is 1. The van der Waals surface area contributed by atoms with E-state index in [4.69, 9.17) is 4.74 Å². The monoisotopic (exact) mass is 263 g/mol. The first-order valence-electron chi connectivity index (χ1n) is 6.94. The number of hydrogen-bond donors (Lipinski definition) is 1. The lowest BCUT2D eigenvalue weighted by Gasteiger charge is -2.09. The maximum Gasteiger partial charge on any atom is 0.251 e. The number of rotatable bonds is 7. The van der Waals surface area contributed by atoms with E-state index in [1.807, 2.05) is 32.0 Å². The van der Waals surface area contributed by atoms with E-state index in [9.17, 15) is 4.79 Å². The Bertz CT molecular complexity index is 413. The average molecular weight is 263 g/mol. The first-order valence-corrected chi connectivity index (χ1v) is 6.94. The van der Waals surface area contributed by atoms with Gasteiger partial charge in [-0.3, -0.25) is 4.79 Å². The third-order valence-electron chi connectivity index (χ3n) is 2.83. The zero-order chi connectivity index (χ0) is 14.3. The lowest BCUT2D eigenvalue weighted by molar-refractivity contribution is 0.0924. The summed E-state index contributed by atoms with van der Waals surface area (Å²) in [5.74, 6) is 0.561. The molecular formula is C16H25NO2. The minimum absolute atomic E-state index is 0.00126. The summed E-state index contributed by atoms with van der Waals surface area (Å²) in [6, 6.07) is 5.88. The van der Waals surface area contributed by atoms with Crippen LogP contribution >= 0.6 is 0 Å². The van der Waals surface area contributed by atoms with Crippen molar-refractivity contribution < 1.29 is 9.53 Å². The summed E-state index contributed by atoms with van der Waals surface area (Å²) >= 11 is 0. The largest absolute Gasteiger partial charge is 0.381 e. The zero-order valence-corrected chi connectivity index (χ0v) is 12.5. The maximum atomic E-state index is 12.0. The Hall–Kier alpha value is -1.35. The van der Waals surface area contributed by atoms with Crippen molar-refractivity contribution >= 4 is 5.91 Å². The van der Waals surface area contributed by atoms with Crippen LogP contribution in [0.2, 0.25) is 0 Å². The predicted molar refractivity (Wildman–Crippen MR) is 78.5 cm³/mol. The highest BCUT2D eigenvalue weighted by Gasteiger charge is 2.07. The number of amides is 1. The van der Waals surface area contributed by atoms with Crippen LogP contribution in [0.5, 0.6) is 0 Å². The van der Waals surface area contributed by atoms with E-state index in [1.54, 1.807) is 0 Å².